The van der Waals surface area contributed by atoms with Crippen molar-refractivity contribution in [2.75, 3.05) is 64.8 Å². The summed E-state index contributed by atoms with van der Waals surface area (Å²) in [6, 6.07) is 11.8. The van der Waals surface area contributed by atoms with E-state index in [2.05, 4.69) is 23.3 Å². The molecule has 0 radical (unpaired) electrons. The van der Waals surface area contributed by atoms with Gasteiger partial charge in [-0.25, -0.2) is 4.98 Å². The zero-order valence-electron chi connectivity index (χ0n) is 19.7. The van der Waals surface area contributed by atoms with E-state index in [1.807, 2.05) is 24.3 Å². The fraction of sp³-hybridized carbons (Fsp3) is 0.360. The fourth-order valence-corrected chi connectivity index (χ4v) is 5.27. The Hall–Kier alpha value is -2.59. The lowest BCUT2D eigenvalue weighted by atomic mass is 10.2. The van der Waals surface area contributed by atoms with E-state index in [0.29, 0.717) is 23.2 Å². The summed E-state index contributed by atoms with van der Waals surface area (Å²) < 4.78 is 17.2. The summed E-state index contributed by atoms with van der Waals surface area (Å²) in [5.74, 6) is 1.17. The summed E-state index contributed by atoms with van der Waals surface area (Å²) in [7, 11) is 3.20. The number of amides is 1. The standard InChI is InChI=1S/C25H29N3O4S2/c1-30-21-8-4-18(16-22(21)31-2)5-9-24(29)28(11-10-27-12-14-32-15-13-27)25-26-20-7-6-19(33-3)17-23(20)34-25/h4-9,16-17H,10-15H2,1-3H3. The summed E-state index contributed by atoms with van der Waals surface area (Å²) >= 11 is 3.25. The third-order valence-corrected chi connectivity index (χ3v) is 7.42. The van der Waals surface area contributed by atoms with E-state index in [-0.39, 0.29) is 5.91 Å². The maximum Gasteiger partial charge on any atom is 0.252 e. The van der Waals surface area contributed by atoms with Crippen molar-refractivity contribution in [1.82, 2.24) is 9.88 Å². The Bertz CT molecular complexity index is 1160. The highest BCUT2D eigenvalue weighted by molar-refractivity contribution is 7.98. The number of aromatic nitrogens is 1. The molecule has 4 rings (SSSR count). The van der Waals surface area contributed by atoms with Gasteiger partial charge in [0.2, 0.25) is 0 Å². The van der Waals surface area contributed by atoms with Crippen molar-refractivity contribution in [3.8, 4) is 11.5 Å². The van der Waals surface area contributed by atoms with Crippen molar-refractivity contribution < 1.29 is 19.0 Å². The first-order valence-corrected chi connectivity index (χ1v) is 13.1. The molecule has 3 aromatic rings. The van der Waals surface area contributed by atoms with Crippen molar-refractivity contribution in [3.05, 3.63) is 48.0 Å². The van der Waals surface area contributed by atoms with Crippen LogP contribution in [-0.4, -0.2) is 75.7 Å². The lowest BCUT2D eigenvalue weighted by molar-refractivity contribution is -0.114. The molecule has 1 aliphatic rings. The van der Waals surface area contributed by atoms with Crippen LogP contribution in [0.4, 0.5) is 5.13 Å². The minimum Gasteiger partial charge on any atom is -0.493 e. The number of carbonyl (C=O) groups is 1. The number of methoxy groups -OCH3 is 2. The highest BCUT2D eigenvalue weighted by atomic mass is 32.2. The van der Waals surface area contributed by atoms with Crippen molar-refractivity contribution >= 4 is 50.4 Å². The predicted molar refractivity (Wildman–Crippen MR) is 140 cm³/mol. The van der Waals surface area contributed by atoms with Crippen LogP contribution in [0.1, 0.15) is 5.56 Å². The van der Waals surface area contributed by atoms with Gasteiger partial charge in [0, 0.05) is 37.2 Å². The molecule has 0 unspecified atom stereocenters. The van der Waals surface area contributed by atoms with E-state index in [9.17, 15) is 4.79 Å². The average molecular weight is 500 g/mol. The topological polar surface area (TPSA) is 64.1 Å². The molecule has 2 aromatic carbocycles. The zero-order chi connectivity index (χ0) is 23.9. The van der Waals surface area contributed by atoms with Gasteiger partial charge < -0.3 is 14.2 Å². The molecule has 0 N–H and O–H groups in total. The van der Waals surface area contributed by atoms with Gasteiger partial charge in [-0.15, -0.1) is 11.8 Å². The number of thiazole rings is 1. The number of rotatable bonds is 9. The van der Waals surface area contributed by atoms with E-state index in [4.69, 9.17) is 19.2 Å². The Labute approximate surface area is 208 Å². The first-order chi connectivity index (χ1) is 16.6. The molecule has 0 atom stereocenters. The van der Waals surface area contributed by atoms with Gasteiger partial charge in [-0.3, -0.25) is 14.6 Å². The van der Waals surface area contributed by atoms with Crippen LogP contribution < -0.4 is 14.4 Å². The van der Waals surface area contributed by atoms with Gasteiger partial charge >= 0.3 is 0 Å². The zero-order valence-corrected chi connectivity index (χ0v) is 21.3. The van der Waals surface area contributed by atoms with Crippen molar-refractivity contribution in [1.29, 1.82) is 0 Å². The second kappa shape index (κ2) is 11.7. The number of thioether (sulfide) groups is 1. The Morgan fingerprint density at radius 1 is 1.18 bits per heavy atom. The summed E-state index contributed by atoms with van der Waals surface area (Å²) in [6.45, 7) is 4.54. The number of hydrogen-bond acceptors (Lipinski definition) is 8. The smallest absolute Gasteiger partial charge is 0.252 e. The molecule has 1 fully saturated rings. The average Bonchev–Trinajstić information content (AvgIpc) is 3.30. The molecule has 1 aromatic heterocycles. The van der Waals surface area contributed by atoms with Crippen LogP contribution in [-0.2, 0) is 9.53 Å². The highest BCUT2D eigenvalue weighted by Crippen LogP contribution is 2.32. The van der Waals surface area contributed by atoms with Gasteiger partial charge in [0.25, 0.3) is 5.91 Å². The molecule has 1 saturated heterocycles. The van der Waals surface area contributed by atoms with E-state index in [1.54, 1.807) is 54.4 Å². The van der Waals surface area contributed by atoms with Gasteiger partial charge in [0.1, 0.15) is 0 Å². The second-order valence-electron chi connectivity index (χ2n) is 7.72. The van der Waals surface area contributed by atoms with E-state index in [1.165, 1.54) is 4.90 Å². The Morgan fingerprint density at radius 3 is 2.71 bits per heavy atom. The summed E-state index contributed by atoms with van der Waals surface area (Å²) in [4.78, 5) is 23.4. The van der Waals surface area contributed by atoms with Gasteiger partial charge in [0.05, 0.1) is 37.6 Å². The summed E-state index contributed by atoms with van der Waals surface area (Å²) in [6.07, 6.45) is 5.45. The first-order valence-electron chi connectivity index (χ1n) is 11.1. The van der Waals surface area contributed by atoms with E-state index in [0.717, 1.165) is 48.6 Å². The van der Waals surface area contributed by atoms with Crippen LogP contribution in [0.3, 0.4) is 0 Å². The molecular formula is C25H29N3O4S2. The molecule has 0 spiro atoms. The van der Waals surface area contributed by atoms with Gasteiger partial charge in [-0.1, -0.05) is 17.4 Å². The SMILES string of the molecule is COc1ccc(C=CC(=O)N(CCN2CCOCC2)c2nc3ccc(SC)cc3s2)cc1OC. The molecule has 1 aliphatic heterocycles. The number of anilines is 1. The van der Waals surface area contributed by atoms with Crippen LogP contribution >= 0.6 is 23.1 Å². The van der Waals surface area contributed by atoms with Crippen LogP contribution in [0.15, 0.2) is 47.4 Å². The van der Waals surface area contributed by atoms with Crippen LogP contribution in [0.25, 0.3) is 16.3 Å². The number of hydrogen-bond donors (Lipinski definition) is 0. The Balaban J connectivity index is 1.57. The minimum absolute atomic E-state index is 0.104. The van der Waals surface area contributed by atoms with Crippen molar-refractivity contribution in [2.24, 2.45) is 0 Å². The number of carbonyl (C=O) groups excluding carboxylic acids is 1. The molecule has 0 aliphatic carbocycles. The first kappa shape index (κ1) is 24.5. The van der Waals surface area contributed by atoms with Gasteiger partial charge in [-0.2, -0.15) is 0 Å². The molecular weight excluding hydrogens is 470 g/mol. The number of benzene rings is 2. The highest BCUT2D eigenvalue weighted by Gasteiger charge is 2.20. The molecule has 0 saturated carbocycles. The molecule has 180 valence electrons. The Kier molecular flexibility index (Phi) is 8.44. The van der Waals surface area contributed by atoms with Crippen molar-refractivity contribution in [3.63, 3.8) is 0 Å². The fourth-order valence-electron chi connectivity index (χ4n) is 3.72. The quantitative estimate of drug-likeness (QED) is 0.319. The number of ether oxygens (including phenoxy) is 3. The Morgan fingerprint density at radius 2 is 1.97 bits per heavy atom. The largest absolute Gasteiger partial charge is 0.493 e. The van der Waals surface area contributed by atoms with Crippen LogP contribution in [0.5, 0.6) is 11.5 Å². The molecule has 9 heteroatoms. The monoisotopic (exact) mass is 499 g/mol. The molecule has 0 bridgehead atoms. The summed E-state index contributed by atoms with van der Waals surface area (Å²) in [5, 5.41) is 0.712. The maximum absolute atomic E-state index is 13.4. The van der Waals surface area contributed by atoms with E-state index >= 15 is 0 Å². The minimum atomic E-state index is -0.104. The third-order valence-electron chi connectivity index (χ3n) is 5.65. The molecule has 34 heavy (non-hydrogen) atoms. The van der Waals surface area contributed by atoms with Gasteiger partial charge in [-0.05, 0) is 48.2 Å². The normalized spacial score (nSPS) is 14.6. The van der Waals surface area contributed by atoms with E-state index < -0.39 is 0 Å². The van der Waals surface area contributed by atoms with Gasteiger partial charge in [0.15, 0.2) is 16.6 Å². The molecule has 1 amide bonds. The second-order valence-corrected chi connectivity index (χ2v) is 9.61. The predicted octanol–water partition coefficient (Wildman–Crippen LogP) is 4.41. The number of fused-ring (bicyclic) bond motifs is 1. The number of morpholine rings is 1. The van der Waals surface area contributed by atoms with Crippen LogP contribution in [0.2, 0.25) is 0 Å². The third kappa shape index (κ3) is 5.90. The molecule has 7 nitrogen and oxygen atoms in total. The lowest BCUT2D eigenvalue weighted by Gasteiger charge is -2.28. The lowest BCUT2D eigenvalue weighted by Crippen LogP contribution is -2.42. The summed E-state index contributed by atoms with van der Waals surface area (Å²) in [5.41, 5.74) is 1.76. The maximum atomic E-state index is 13.4. The van der Waals surface area contributed by atoms with Crippen LogP contribution in [0, 0.1) is 0 Å². The van der Waals surface area contributed by atoms with Crippen molar-refractivity contribution in [2.45, 2.75) is 4.90 Å². The number of nitrogens with zero attached hydrogens (tertiary/aromatic N) is 3. The molecule has 2 heterocycles.